The van der Waals surface area contributed by atoms with Crippen molar-refractivity contribution in [1.82, 2.24) is 5.32 Å². The van der Waals surface area contributed by atoms with Gasteiger partial charge in [0.2, 0.25) is 5.91 Å². The average Bonchev–Trinajstić information content (AvgIpc) is 3.27. The van der Waals surface area contributed by atoms with Crippen LogP contribution in [0.1, 0.15) is 264 Å². The van der Waals surface area contributed by atoms with E-state index >= 15 is 0 Å². The van der Waals surface area contributed by atoms with Crippen LogP contribution < -0.4 is 5.32 Å². The van der Waals surface area contributed by atoms with E-state index in [0.717, 1.165) is 44.9 Å². The Morgan fingerprint density at radius 2 is 0.903 bits per heavy atom. The minimum absolute atomic E-state index is 0.145. The van der Waals surface area contributed by atoms with Gasteiger partial charge in [-0.05, 0) is 38.5 Å². The summed E-state index contributed by atoms with van der Waals surface area (Å²) >= 11 is 0. The van der Waals surface area contributed by atoms with E-state index in [2.05, 4.69) is 31.3 Å². The summed E-state index contributed by atoms with van der Waals surface area (Å²) in [6.45, 7) is 3.85. The Labute approximate surface area is 382 Å². The second-order valence-electron chi connectivity index (χ2n) is 19.0. The molecule has 1 aliphatic rings. The van der Waals surface area contributed by atoms with Crippen LogP contribution in [0.15, 0.2) is 12.2 Å². The highest BCUT2D eigenvalue weighted by molar-refractivity contribution is 5.76. The predicted octanol–water partition coefficient (Wildman–Crippen LogP) is 12.5. The molecule has 6 N–H and O–H groups in total. The van der Waals surface area contributed by atoms with Gasteiger partial charge in [0.05, 0.1) is 25.4 Å². The Kier molecular flexibility index (Phi) is 41.6. The van der Waals surface area contributed by atoms with E-state index < -0.39 is 49.5 Å². The third kappa shape index (κ3) is 33.4. The summed E-state index contributed by atoms with van der Waals surface area (Å²) in [6.07, 6.45) is 45.2. The first-order valence-electron chi connectivity index (χ1n) is 26.9. The maximum absolute atomic E-state index is 13.0. The van der Waals surface area contributed by atoms with Gasteiger partial charge in [0, 0.05) is 6.42 Å². The summed E-state index contributed by atoms with van der Waals surface area (Å²) in [5.74, 6) is -0.148. The zero-order valence-corrected chi connectivity index (χ0v) is 40.6. The fraction of sp³-hybridized carbons (Fsp3) is 0.943. The van der Waals surface area contributed by atoms with Crippen molar-refractivity contribution in [2.75, 3.05) is 13.2 Å². The van der Waals surface area contributed by atoms with Crippen molar-refractivity contribution in [1.29, 1.82) is 0 Å². The first-order valence-corrected chi connectivity index (χ1v) is 26.9. The number of nitrogens with one attached hydrogen (secondary N) is 1. The summed E-state index contributed by atoms with van der Waals surface area (Å²) in [5.41, 5.74) is 0. The second kappa shape index (κ2) is 43.8. The molecule has 9 nitrogen and oxygen atoms in total. The maximum atomic E-state index is 13.0. The smallest absolute Gasteiger partial charge is 0.220 e. The molecule has 1 amide bonds. The zero-order chi connectivity index (χ0) is 45.1. The number of unbranched alkanes of at least 4 members (excludes halogenated alkanes) is 34. The third-order valence-corrected chi connectivity index (χ3v) is 13.1. The number of amides is 1. The lowest BCUT2D eigenvalue weighted by Crippen LogP contribution is -2.60. The minimum atomic E-state index is -1.55. The fourth-order valence-electron chi connectivity index (χ4n) is 8.80. The van der Waals surface area contributed by atoms with Crippen molar-refractivity contribution in [3.05, 3.63) is 12.2 Å². The number of carbonyl (C=O) groups is 1. The van der Waals surface area contributed by atoms with Gasteiger partial charge in [-0.15, -0.1) is 0 Å². The van der Waals surface area contributed by atoms with Gasteiger partial charge in [-0.2, -0.15) is 0 Å². The van der Waals surface area contributed by atoms with Crippen LogP contribution in [0, 0.1) is 0 Å². The molecule has 0 saturated carbocycles. The van der Waals surface area contributed by atoms with Crippen molar-refractivity contribution in [3.8, 4) is 0 Å². The van der Waals surface area contributed by atoms with Gasteiger partial charge < -0.3 is 40.3 Å². The normalized spacial score (nSPS) is 20.3. The third-order valence-electron chi connectivity index (χ3n) is 13.1. The Hall–Kier alpha value is -1.07. The molecule has 0 aromatic carbocycles. The molecule has 368 valence electrons. The van der Waals surface area contributed by atoms with Gasteiger partial charge in [-0.1, -0.05) is 231 Å². The van der Waals surface area contributed by atoms with Crippen molar-refractivity contribution < 1.29 is 39.8 Å². The van der Waals surface area contributed by atoms with E-state index in [4.69, 9.17) is 9.47 Å². The van der Waals surface area contributed by atoms with Gasteiger partial charge in [-0.3, -0.25) is 4.79 Å². The molecule has 0 aromatic rings. The van der Waals surface area contributed by atoms with Crippen LogP contribution in [-0.4, -0.2) is 87.5 Å². The van der Waals surface area contributed by atoms with E-state index in [1.807, 2.05) is 0 Å². The summed E-state index contributed by atoms with van der Waals surface area (Å²) in [7, 11) is 0. The van der Waals surface area contributed by atoms with Crippen LogP contribution in [-0.2, 0) is 14.3 Å². The van der Waals surface area contributed by atoms with E-state index in [-0.39, 0.29) is 12.5 Å². The number of carbonyl (C=O) groups excluding carboxylic acids is 1. The number of allylic oxidation sites excluding steroid dienone is 2. The largest absolute Gasteiger partial charge is 0.394 e. The maximum Gasteiger partial charge on any atom is 0.220 e. The second-order valence-corrected chi connectivity index (χ2v) is 19.0. The Morgan fingerprint density at radius 3 is 1.31 bits per heavy atom. The molecule has 1 rings (SSSR count). The molecule has 0 bridgehead atoms. The lowest BCUT2D eigenvalue weighted by molar-refractivity contribution is -0.302. The molecule has 1 aliphatic heterocycles. The molecule has 0 aromatic heterocycles. The predicted molar refractivity (Wildman–Crippen MR) is 258 cm³/mol. The highest BCUT2D eigenvalue weighted by Gasteiger charge is 2.44. The first kappa shape index (κ1) is 58.9. The summed E-state index contributed by atoms with van der Waals surface area (Å²) in [5, 5.41) is 54.5. The number of hydrogen-bond donors (Lipinski definition) is 6. The molecular weight excluding hydrogens is 779 g/mol. The molecule has 0 spiro atoms. The van der Waals surface area contributed by atoms with Gasteiger partial charge >= 0.3 is 0 Å². The van der Waals surface area contributed by atoms with Crippen LogP contribution in [0.4, 0.5) is 0 Å². The molecule has 9 heteroatoms. The quantitative estimate of drug-likeness (QED) is 0.0261. The first-order chi connectivity index (χ1) is 30.3. The van der Waals surface area contributed by atoms with E-state index in [9.17, 15) is 30.3 Å². The molecule has 1 heterocycles. The lowest BCUT2D eigenvalue weighted by Gasteiger charge is -2.40. The van der Waals surface area contributed by atoms with E-state index in [1.165, 1.54) is 193 Å². The van der Waals surface area contributed by atoms with Gasteiger partial charge in [0.1, 0.15) is 24.4 Å². The number of aliphatic hydroxyl groups is 5. The zero-order valence-electron chi connectivity index (χ0n) is 40.6. The Balaban J connectivity index is 2.24. The average molecular weight is 882 g/mol. The molecular formula is C53H103NO8. The molecule has 0 aliphatic carbocycles. The SMILES string of the molecule is CCCCCCCCCCCCC/C=C/CCCC[C@@H](O)[C@H](CO[C@H]1O[C@@H](CO)[C@H](O)C(O)C1O)NC(=O)CCCCCCCCCCCCCCCCCCCCCCCC. The number of hydrogen-bond acceptors (Lipinski definition) is 8. The molecule has 2 unspecified atom stereocenters. The Morgan fingerprint density at radius 1 is 0.532 bits per heavy atom. The molecule has 62 heavy (non-hydrogen) atoms. The number of ether oxygens (including phenoxy) is 2. The monoisotopic (exact) mass is 882 g/mol. The summed E-state index contributed by atoms with van der Waals surface area (Å²) in [4.78, 5) is 13.0. The number of aliphatic hydroxyl groups excluding tert-OH is 5. The van der Waals surface area contributed by atoms with Crippen LogP contribution in [0.3, 0.4) is 0 Å². The standard InChI is InChI=1S/C53H103NO8/c1-3-5-7-9-11-13-15-17-19-21-22-23-24-25-27-29-31-33-35-37-39-41-43-49(57)54-46(45-61-53-52(60)51(59)50(58)48(44-55)62-53)47(56)42-40-38-36-34-32-30-28-26-20-18-16-14-12-10-8-6-4-2/h32,34,46-48,50-53,55-56,58-60H,3-31,33,35-45H2,1-2H3,(H,54,57)/b34-32+/t46-,47+,48-,50-,51?,52?,53-/m0/s1. The van der Waals surface area contributed by atoms with Crippen LogP contribution in [0.2, 0.25) is 0 Å². The van der Waals surface area contributed by atoms with Crippen molar-refractivity contribution >= 4 is 5.91 Å². The van der Waals surface area contributed by atoms with Crippen LogP contribution in [0.25, 0.3) is 0 Å². The highest BCUT2D eigenvalue weighted by atomic mass is 16.7. The van der Waals surface area contributed by atoms with E-state index in [0.29, 0.717) is 12.8 Å². The van der Waals surface area contributed by atoms with Crippen molar-refractivity contribution in [3.63, 3.8) is 0 Å². The topological polar surface area (TPSA) is 149 Å². The van der Waals surface area contributed by atoms with E-state index in [1.54, 1.807) is 0 Å². The van der Waals surface area contributed by atoms with Crippen molar-refractivity contribution in [2.45, 2.75) is 307 Å². The summed E-state index contributed by atoms with van der Waals surface area (Å²) < 4.78 is 11.3. The fourth-order valence-corrected chi connectivity index (χ4v) is 8.80. The summed E-state index contributed by atoms with van der Waals surface area (Å²) in [6, 6.07) is -0.730. The highest BCUT2D eigenvalue weighted by Crippen LogP contribution is 2.23. The van der Waals surface area contributed by atoms with Crippen LogP contribution in [0.5, 0.6) is 0 Å². The molecule has 7 atom stereocenters. The molecule has 1 fully saturated rings. The van der Waals surface area contributed by atoms with Crippen LogP contribution >= 0.6 is 0 Å². The van der Waals surface area contributed by atoms with Gasteiger partial charge in [0.15, 0.2) is 6.29 Å². The molecule has 0 radical (unpaired) electrons. The minimum Gasteiger partial charge on any atom is -0.394 e. The van der Waals surface area contributed by atoms with Crippen molar-refractivity contribution in [2.24, 2.45) is 0 Å². The van der Waals surface area contributed by atoms with Gasteiger partial charge in [0.25, 0.3) is 0 Å². The number of rotatable bonds is 46. The molecule has 1 saturated heterocycles. The lowest BCUT2D eigenvalue weighted by atomic mass is 9.99. The van der Waals surface area contributed by atoms with Gasteiger partial charge in [-0.25, -0.2) is 0 Å². The Bertz CT molecular complexity index is 981.